The van der Waals surface area contributed by atoms with Gasteiger partial charge in [0.05, 0.1) is 18.1 Å². The Morgan fingerprint density at radius 3 is 2.60 bits per heavy atom. The molecule has 7 heteroatoms. The van der Waals surface area contributed by atoms with E-state index >= 15 is 0 Å². The molecule has 2 unspecified atom stereocenters. The van der Waals surface area contributed by atoms with Gasteiger partial charge in [0.15, 0.2) is 0 Å². The highest BCUT2D eigenvalue weighted by molar-refractivity contribution is 5.91. The first-order valence-electron chi connectivity index (χ1n) is 6.85. The second-order valence-corrected chi connectivity index (χ2v) is 5.59. The minimum Gasteiger partial charge on any atom is -0.322 e. The molecule has 2 aliphatic rings. The SMILES string of the molecule is CC(=O)N(C)c1cnn(C(=O)N2CC3CNCC3C2)c1. The molecule has 2 fully saturated rings. The van der Waals surface area contributed by atoms with Crippen LogP contribution in [0.15, 0.2) is 12.4 Å². The van der Waals surface area contributed by atoms with Crippen molar-refractivity contribution in [3.63, 3.8) is 0 Å². The predicted molar refractivity (Wildman–Crippen MR) is 73.5 cm³/mol. The highest BCUT2D eigenvalue weighted by Crippen LogP contribution is 2.26. The number of carbonyl (C=O) groups is 2. The van der Waals surface area contributed by atoms with Crippen molar-refractivity contribution in [2.75, 3.05) is 38.1 Å². The summed E-state index contributed by atoms with van der Waals surface area (Å²) in [4.78, 5) is 27.0. The average Bonchev–Trinajstić information content (AvgIpc) is 3.11. The van der Waals surface area contributed by atoms with E-state index < -0.39 is 0 Å². The molecule has 2 saturated heterocycles. The fraction of sp³-hybridized carbons (Fsp3) is 0.615. The van der Waals surface area contributed by atoms with Crippen molar-refractivity contribution >= 4 is 17.6 Å². The van der Waals surface area contributed by atoms with E-state index in [0.29, 0.717) is 17.5 Å². The number of fused-ring (bicyclic) bond motifs is 1. The van der Waals surface area contributed by atoms with Crippen LogP contribution in [0, 0.1) is 11.8 Å². The van der Waals surface area contributed by atoms with Gasteiger partial charge in [-0.2, -0.15) is 9.78 Å². The lowest BCUT2D eigenvalue weighted by atomic mass is 10.0. The molecule has 1 aromatic rings. The summed E-state index contributed by atoms with van der Waals surface area (Å²) in [6.45, 7) is 5.04. The number of aromatic nitrogens is 2. The summed E-state index contributed by atoms with van der Waals surface area (Å²) in [5.74, 6) is 1.04. The molecule has 0 aliphatic carbocycles. The first-order chi connectivity index (χ1) is 9.56. The Bertz CT molecular complexity index is 529. The number of hydrogen-bond acceptors (Lipinski definition) is 4. The van der Waals surface area contributed by atoms with Crippen molar-refractivity contribution in [2.24, 2.45) is 11.8 Å². The molecule has 1 N–H and O–H groups in total. The minimum absolute atomic E-state index is 0.0845. The van der Waals surface area contributed by atoms with Gasteiger partial charge in [-0.15, -0.1) is 0 Å². The standard InChI is InChI=1S/C13H19N5O2/c1-9(19)16(2)12-5-15-18(8-12)13(20)17-6-10-3-14-4-11(10)7-17/h5,8,10-11,14H,3-4,6-7H2,1-2H3. The highest BCUT2D eigenvalue weighted by atomic mass is 16.2. The molecule has 3 rings (SSSR count). The van der Waals surface area contributed by atoms with E-state index in [1.165, 1.54) is 22.7 Å². The minimum atomic E-state index is -0.109. The van der Waals surface area contributed by atoms with Crippen LogP contribution in [-0.4, -0.2) is 59.8 Å². The fourth-order valence-corrected chi connectivity index (χ4v) is 2.93. The highest BCUT2D eigenvalue weighted by Gasteiger charge is 2.38. The molecule has 3 heterocycles. The molecular weight excluding hydrogens is 258 g/mol. The van der Waals surface area contributed by atoms with Crippen molar-refractivity contribution in [1.82, 2.24) is 20.0 Å². The molecule has 0 bridgehead atoms. The van der Waals surface area contributed by atoms with E-state index in [2.05, 4.69) is 10.4 Å². The van der Waals surface area contributed by atoms with Crippen LogP contribution >= 0.6 is 0 Å². The monoisotopic (exact) mass is 277 g/mol. The second kappa shape index (κ2) is 4.90. The maximum Gasteiger partial charge on any atom is 0.344 e. The zero-order valence-electron chi connectivity index (χ0n) is 11.7. The van der Waals surface area contributed by atoms with Gasteiger partial charge in [0.2, 0.25) is 5.91 Å². The van der Waals surface area contributed by atoms with E-state index in [1.54, 1.807) is 13.2 Å². The van der Waals surface area contributed by atoms with Gasteiger partial charge in [-0.3, -0.25) is 4.79 Å². The molecule has 2 atom stereocenters. The Morgan fingerprint density at radius 2 is 2.00 bits per heavy atom. The van der Waals surface area contributed by atoms with Crippen LogP contribution in [0.4, 0.5) is 10.5 Å². The Morgan fingerprint density at radius 1 is 1.35 bits per heavy atom. The molecular formula is C13H19N5O2. The number of nitrogens with zero attached hydrogens (tertiary/aromatic N) is 4. The fourth-order valence-electron chi connectivity index (χ4n) is 2.93. The molecule has 2 aliphatic heterocycles. The second-order valence-electron chi connectivity index (χ2n) is 5.59. The van der Waals surface area contributed by atoms with Gasteiger partial charge in [-0.1, -0.05) is 0 Å². The number of anilines is 1. The van der Waals surface area contributed by atoms with Crippen molar-refractivity contribution in [3.8, 4) is 0 Å². The van der Waals surface area contributed by atoms with E-state index in [1.807, 2.05) is 4.90 Å². The summed E-state index contributed by atoms with van der Waals surface area (Å²) in [7, 11) is 1.67. The molecule has 0 saturated carbocycles. The average molecular weight is 277 g/mol. The maximum atomic E-state index is 12.4. The molecule has 108 valence electrons. The van der Waals surface area contributed by atoms with Gasteiger partial charge < -0.3 is 15.1 Å². The third kappa shape index (κ3) is 2.18. The third-order valence-electron chi connectivity index (χ3n) is 4.28. The Balaban J connectivity index is 1.70. The molecule has 1 aromatic heterocycles. The summed E-state index contributed by atoms with van der Waals surface area (Å²) in [5.41, 5.74) is 0.631. The van der Waals surface area contributed by atoms with Crippen molar-refractivity contribution in [2.45, 2.75) is 6.92 Å². The van der Waals surface area contributed by atoms with Gasteiger partial charge in [0.25, 0.3) is 0 Å². The summed E-state index contributed by atoms with van der Waals surface area (Å²) < 4.78 is 1.32. The molecule has 20 heavy (non-hydrogen) atoms. The zero-order valence-corrected chi connectivity index (χ0v) is 11.7. The molecule has 0 aromatic carbocycles. The lowest BCUT2D eigenvalue weighted by molar-refractivity contribution is -0.116. The van der Waals surface area contributed by atoms with Gasteiger partial charge in [-0.05, 0) is 11.8 Å². The maximum absolute atomic E-state index is 12.4. The predicted octanol–water partition coefficient (Wildman–Crippen LogP) is -0.0149. The quantitative estimate of drug-likeness (QED) is 0.783. The van der Waals surface area contributed by atoms with E-state index in [9.17, 15) is 9.59 Å². The Kier molecular flexibility index (Phi) is 3.21. The van der Waals surface area contributed by atoms with E-state index in [0.717, 1.165) is 26.2 Å². The van der Waals surface area contributed by atoms with Gasteiger partial charge in [0.1, 0.15) is 0 Å². The topological polar surface area (TPSA) is 70.5 Å². The van der Waals surface area contributed by atoms with Crippen LogP contribution in [0.1, 0.15) is 6.92 Å². The summed E-state index contributed by atoms with van der Waals surface area (Å²) in [6.07, 6.45) is 3.15. The van der Waals surface area contributed by atoms with Crippen molar-refractivity contribution in [3.05, 3.63) is 12.4 Å². The number of nitrogens with one attached hydrogen (secondary N) is 1. The van der Waals surface area contributed by atoms with E-state index in [-0.39, 0.29) is 11.9 Å². The van der Waals surface area contributed by atoms with Gasteiger partial charge in [-0.25, -0.2) is 4.79 Å². The molecule has 0 radical (unpaired) electrons. The van der Waals surface area contributed by atoms with Crippen LogP contribution in [-0.2, 0) is 4.79 Å². The number of amides is 2. The molecule has 7 nitrogen and oxygen atoms in total. The largest absolute Gasteiger partial charge is 0.344 e. The lowest BCUT2D eigenvalue weighted by Crippen LogP contribution is -2.35. The van der Waals surface area contributed by atoms with Crippen LogP contribution in [0.5, 0.6) is 0 Å². The lowest BCUT2D eigenvalue weighted by Gasteiger charge is -2.17. The molecule has 0 spiro atoms. The molecule has 2 amide bonds. The van der Waals surface area contributed by atoms with Gasteiger partial charge >= 0.3 is 6.03 Å². The summed E-state index contributed by atoms with van der Waals surface area (Å²) >= 11 is 0. The number of carbonyl (C=O) groups excluding carboxylic acids is 2. The first-order valence-corrected chi connectivity index (χ1v) is 6.85. The number of hydrogen-bond donors (Lipinski definition) is 1. The Hall–Kier alpha value is -1.89. The summed E-state index contributed by atoms with van der Waals surface area (Å²) in [5, 5.41) is 7.42. The van der Waals surface area contributed by atoms with Crippen molar-refractivity contribution in [1.29, 1.82) is 0 Å². The first kappa shape index (κ1) is 13.1. The Labute approximate surface area is 117 Å². The zero-order chi connectivity index (χ0) is 14.3. The van der Waals surface area contributed by atoms with Crippen LogP contribution < -0.4 is 10.2 Å². The smallest absolute Gasteiger partial charge is 0.322 e. The van der Waals surface area contributed by atoms with Gasteiger partial charge in [0, 0.05) is 40.2 Å². The normalized spacial score (nSPS) is 24.8. The summed E-state index contributed by atoms with van der Waals surface area (Å²) in [6, 6.07) is -0.109. The van der Waals surface area contributed by atoms with Crippen molar-refractivity contribution < 1.29 is 9.59 Å². The third-order valence-corrected chi connectivity index (χ3v) is 4.28. The number of rotatable bonds is 1. The van der Waals surface area contributed by atoms with Crippen LogP contribution in [0.3, 0.4) is 0 Å². The number of likely N-dealkylation sites (tertiary alicyclic amines) is 1. The van der Waals surface area contributed by atoms with Crippen LogP contribution in [0.2, 0.25) is 0 Å². The van der Waals surface area contributed by atoms with E-state index in [4.69, 9.17) is 0 Å². The van der Waals surface area contributed by atoms with Crippen LogP contribution in [0.25, 0.3) is 0 Å².